The molecule has 1 atom stereocenters. The third kappa shape index (κ3) is 4.97. The lowest BCUT2D eigenvalue weighted by Gasteiger charge is -2.33. The Hall–Kier alpha value is -1.35. The second-order valence-corrected chi connectivity index (χ2v) is 10.3. The average Bonchev–Trinajstić information content (AvgIpc) is 2.72. The van der Waals surface area contributed by atoms with Crippen molar-refractivity contribution in [1.29, 1.82) is 0 Å². The van der Waals surface area contributed by atoms with Crippen LogP contribution in [0.4, 0.5) is 0 Å². The summed E-state index contributed by atoms with van der Waals surface area (Å²) in [5.74, 6) is -0.241. The van der Waals surface area contributed by atoms with Crippen LogP contribution in [-0.4, -0.2) is 37.5 Å². The van der Waals surface area contributed by atoms with Crippen LogP contribution in [0.1, 0.15) is 24.8 Å². The van der Waals surface area contributed by atoms with Crippen molar-refractivity contribution in [2.75, 3.05) is 12.8 Å². The molecule has 1 heterocycles. The summed E-state index contributed by atoms with van der Waals surface area (Å²) < 4.78 is 28.3. The van der Waals surface area contributed by atoms with E-state index >= 15 is 0 Å². The number of halogens is 1. The SMILES string of the molecule is CSc1ccc(CNC(=O)[C@H]2CCCCN2S(=O)(=O)c2ccc(Br)cc2)cc1. The number of amides is 1. The lowest BCUT2D eigenvalue weighted by molar-refractivity contribution is -0.125. The third-order valence-electron chi connectivity index (χ3n) is 4.80. The summed E-state index contributed by atoms with van der Waals surface area (Å²) in [6.45, 7) is 0.745. The molecule has 150 valence electrons. The Labute approximate surface area is 179 Å². The van der Waals surface area contributed by atoms with E-state index in [2.05, 4.69) is 21.2 Å². The fourth-order valence-corrected chi connectivity index (χ4v) is 5.58. The highest BCUT2D eigenvalue weighted by molar-refractivity contribution is 9.10. The molecular weight excluding hydrogens is 460 g/mol. The Morgan fingerprint density at radius 1 is 1.14 bits per heavy atom. The molecule has 0 aliphatic carbocycles. The molecule has 3 rings (SSSR count). The number of carbonyl (C=O) groups is 1. The van der Waals surface area contributed by atoms with Gasteiger partial charge in [0, 0.05) is 22.5 Å². The Balaban J connectivity index is 1.72. The minimum Gasteiger partial charge on any atom is -0.351 e. The van der Waals surface area contributed by atoms with Gasteiger partial charge in [-0.3, -0.25) is 4.79 Å². The van der Waals surface area contributed by atoms with Crippen LogP contribution in [0.5, 0.6) is 0 Å². The summed E-state index contributed by atoms with van der Waals surface area (Å²) >= 11 is 4.98. The number of hydrogen-bond acceptors (Lipinski definition) is 4. The van der Waals surface area contributed by atoms with E-state index in [0.717, 1.165) is 27.8 Å². The molecule has 1 fully saturated rings. The fourth-order valence-electron chi connectivity index (χ4n) is 3.25. The van der Waals surface area contributed by atoms with Gasteiger partial charge in [-0.25, -0.2) is 8.42 Å². The standard InChI is InChI=1S/C20H23BrN2O3S2/c1-27-17-9-5-15(6-10-17)14-22-20(24)19-4-2-3-13-23(19)28(25,26)18-11-7-16(21)8-12-18/h5-12,19H,2-4,13-14H2,1H3,(H,22,24)/t19-/m1/s1. The van der Waals surface area contributed by atoms with Crippen molar-refractivity contribution in [2.24, 2.45) is 0 Å². The maximum absolute atomic E-state index is 13.1. The summed E-state index contributed by atoms with van der Waals surface area (Å²) in [5.41, 5.74) is 0.990. The lowest BCUT2D eigenvalue weighted by atomic mass is 10.0. The number of thioether (sulfide) groups is 1. The van der Waals surface area contributed by atoms with Gasteiger partial charge in [-0.1, -0.05) is 34.5 Å². The summed E-state index contributed by atoms with van der Waals surface area (Å²) in [5, 5.41) is 2.91. The summed E-state index contributed by atoms with van der Waals surface area (Å²) in [4.78, 5) is 14.2. The number of piperidine rings is 1. The molecule has 1 saturated heterocycles. The van der Waals surface area contributed by atoms with Gasteiger partial charge in [0.1, 0.15) is 6.04 Å². The zero-order valence-corrected chi connectivity index (χ0v) is 18.8. The van der Waals surface area contributed by atoms with Gasteiger partial charge in [-0.05, 0) is 61.1 Å². The molecule has 28 heavy (non-hydrogen) atoms. The van der Waals surface area contributed by atoms with Crippen molar-refractivity contribution >= 4 is 43.6 Å². The highest BCUT2D eigenvalue weighted by Gasteiger charge is 2.37. The molecule has 2 aromatic carbocycles. The number of rotatable bonds is 6. The molecule has 1 amide bonds. The Morgan fingerprint density at radius 3 is 2.46 bits per heavy atom. The molecule has 2 aromatic rings. The van der Waals surface area contributed by atoms with E-state index in [9.17, 15) is 13.2 Å². The Morgan fingerprint density at radius 2 is 1.82 bits per heavy atom. The smallest absolute Gasteiger partial charge is 0.243 e. The molecule has 0 aromatic heterocycles. The van der Waals surface area contributed by atoms with Gasteiger partial charge >= 0.3 is 0 Å². The van der Waals surface area contributed by atoms with E-state index in [4.69, 9.17) is 0 Å². The first-order valence-corrected chi connectivity index (χ1v) is 12.6. The first-order valence-electron chi connectivity index (χ1n) is 9.10. The summed E-state index contributed by atoms with van der Waals surface area (Å²) in [6.07, 6.45) is 4.15. The van der Waals surface area contributed by atoms with Gasteiger partial charge < -0.3 is 5.32 Å². The van der Waals surface area contributed by atoms with Crippen molar-refractivity contribution in [2.45, 2.75) is 41.6 Å². The number of benzene rings is 2. The highest BCUT2D eigenvalue weighted by atomic mass is 79.9. The van der Waals surface area contributed by atoms with E-state index in [1.54, 1.807) is 36.0 Å². The monoisotopic (exact) mass is 482 g/mol. The number of hydrogen-bond donors (Lipinski definition) is 1. The van der Waals surface area contributed by atoms with Gasteiger partial charge in [0.05, 0.1) is 4.90 Å². The van der Waals surface area contributed by atoms with E-state index in [1.165, 1.54) is 4.31 Å². The van der Waals surface area contributed by atoms with Crippen molar-refractivity contribution in [3.63, 3.8) is 0 Å². The van der Waals surface area contributed by atoms with Gasteiger partial charge in [-0.2, -0.15) is 4.31 Å². The van der Waals surface area contributed by atoms with E-state index in [-0.39, 0.29) is 10.8 Å². The van der Waals surface area contributed by atoms with Gasteiger partial charge in [0.25, 0.3) is 0 Å². The van der Waals surface area contributed by atoms with Crippen LogP contribution in [0.2, 0.25) is 0 Å². The lowest BCUT2D eigenvalue weighted by Crippen LogP contribution is -2.51. The van der Waals surface area contributed by atoms with Crippen LogP contribution in [0, 0.1) is 0 Å². The fraction of sp³-hybridized carbons (Fsp3) is 0.350. The minimum atomic E-state index is -3.72. The second kappa shape index (κ2) is 9.43. The number of sulfonamides is 1. The Kier molecular flexibility index (Phi) is 7.20. The molecule has 0 unspecified atom stereocenters. The van der Waals surface area contributed by atoms with Gasteiger partial charge in [-0.15, -0.1) is 11.8 Å². The first-order chi connectivity index (χ1) is 13.4. The highest BCUT2D eigenvalue weighted by Crippen LogP contribution is 2.26. The van der Waals surface area contributed by atoms with E-state index in [1.807, 2.05) is 30.5 Å². The van der Waals surface area contributed by atoms with Crippen LogP contribution in [0.25, 0.3) is 0 Å². The molecular formula is C20H23BrN2O3S2. The molecule has 1 N–H and O–H groups in total. The largest absolute Gasteiger partial charge is 0.351 e. The van der Waals surface area contributed by atoms with Crippen molar-refractivity contribution < 1.29 is 13.2 Å². The molecule has 0 bridgehead atoms. The summed E-state index contributed by atoms with van der Waals surface area (Å²) in [7, 11) is -3.72. The predicted molar refractivity (Wildman–Crippen MR) is 116 cm³/mol. The van der Waals surface area contributed by atoms with Gasteiger partial charge in [0.15, 0.2) is 0 Å². The quantitative estimate of drug-likeness (QED) is 0.631. The van der Waals surface area contributed by atoms with Crippen molar-refractivity contribution in [3.8, 4) is 0 Å². The minimum absolute atomic E-state index is 0.211. The number of nitrogens with one attached hydrogen (secondary N) is 1. The topological polar surface area (TPSA) is 66.5 Å². The van der Waals surface area contributed by atoms with Crippen LogP contribution in [-0.2, 0) is 21.4 Å². The Bertz CT molecular complexity index is 915. The van der Waals surface area contributed by atoms with Crippen molar-refractivity contribution in [1.82, 2.24) is 9.62 Å². The van der Waals surface area contributed by atoms with E-state index < -0.39 is 16.1 Å². The molecule has 5 nitrogen and oxygen atoms in total. The molecule has 1 aliphatic heterocycles. The predicted octanol–water partition coefficient (Wildman–Crippen LogP) is 4.03. The van der Waals surface area contributed by atoms with Crippen LogP contribution in [0.3, 0.4) is 0 Å². The first kappa shape index (κ1) is 21.4. The van der Waals surface area contributed by atoms with Crippen LogP contribution < -0.4 is 5.32 Å². The van der Waals surface area contributed by atoms with Crippen LogP contribution >= 0.6 is 27.7 Å². The average molecular weight is 483 g/mol. The van der Waals surface area contributed by atoms with Gasteiger partial charge in [0.2, 0.25) is 15.9 Å². The maximum atomic E-state index is 13.1. The number of nitrogens with zero attached hydrogens (tertiary/aromatic N) is 1. The molecule has 1 aliphatic rings. The van der Waals surface area contributed by atoms with E-state index in [0.29, 0.717) is 19.5 Å². The number of carbonyl (C=O) groups excluding carboxylic acids is 1. The summed E-state index contributed by atoms with van der Waals surface area (Å²) in [6, 6.07) is 13.8. The molecule has 0 saturated carbocycles. The maximum Gasteiger partial charge on any atom is 0.243 e. The zero-order chi connectivity index (χ0) is 20.1. The third-order valence-corrected chi connectivity index (χ3v) is 8.00. The second-order valence-electron chi connectivity index (χ2n) is 6.65. The normalized spacial score (nSPS) is 18.0. The van der Waals surface area contributed by atoms with Crippen LogP contribution in [0.15, 0.2) is 62.8 Å². The van der Waals surface area contributed by atoms with Crippen molar-refractivity contribution in [3.05, 3.63) is 58.6 Å². The molecule has 8 heteroatoms. The molecule has 0 radical (unpaired) electrons. The zero-order valence-electron chi connectivity index (χ0n) is 15.6. The molecule has 0 spiro atoms.